The Morgan fingerprint density at radius 2 is 2.12 bits per heavy atom. The first-order valence-corrected chi connectivity index (χ1v) is 5.95. The lowest BCUT2D eigenvalue weighted by atomic mass is 9.98. The highest BCUT2D eigenvalue weighted by Gasteiger charge is 2.25. The van der Waals surface area contributed by atoms with Crippen LogP contribution in [0.1, 0.15) is 11.6 Å². The van der Waals surface area contributed by atoms with E-state index in [4.69, 9.17) is 0 Å². The molecule has 2 rings (SSSR count). The van der Waals surface area contributed by atoms with Crippen LogP contribution in [-0.4, -0.2) is 44.7 Å². The van der Waals surface area contributed by atoms with Crippen molar-refractivity contribution in [3.05, 3.63) is 35.9 Å². The Bertz CT molecular complexity index is 312. The van der Waals surface area contributed by atoms with E-state index in [2.05, 4.69) is 52.9 Å². The van der Waals surface area contributed by atoms with Crippen LogP contribution in [0.2, 0.25) is 0 Å². The molecular formula is C13H21N3. The molecule has 0 spiro atoms. The molecule has 0 saturated carbocycles. The van der Waals surface area contributed by atoms with Crippen molar-refractivity contribution < 1.29 is 0 Å². The number of piperazine rings is 1. The first-order valence-electron chi connectivity index (χ1n) is 5.95. The lowest BCUT2D eigenvalue weighted by molar-refractivity contribution is 0.210. The zero-order valence-electron chi connectivity index (χ0n) is 10.1. The molecule has 2 unspecified atom stereocenters. The fourth-order valence-electron chi connectivity index (χ4n) is 2.42. The summed E-state index contributed by atoms with van der Waals surface area (Å²) < 4.78 is 0. The highest BCUT2D eigenvalue weighted by Crippen LogP contribution is 2.18. The molecular weight excluding hydrogens is 198 g/mol. The van der Waals surface area contributed by atoms with Crippen LogP contribution < -0.4 is 10.6 Å². The Morgan fingerprint density at radius 3 is 2.75 bits per heavy atom. The molecule has 3 heteroatoms. The van der Waals surface area contributed by atoms with Crippen molar-refractivity contribution in [2.75, 3.05) is 33.7 Å². The quantitative estimate of drug-likeness (QED) is 0.789. The van der Waals surface area contributed by atoms with Crippen LogP contribution in [0.4, 0.5) is 0 Å². The van der Waals surface area contributed by atoms with Gasteiger partial charge in [-0.15, -0.1) is 0 Å². The summed E-state index contributed by atoms with van der Waals surface area (Å²) in [6.07, 6.45) is 0. The molecule has 0 aromatic heterocycles. The molecule has 16 heavy (non-hydrogen) atoms. The topological polar surface area (TPSA) is 27.3 Å². The van der Waals surface area contributed by atoms with Crippen LogP contribution in [0.15, 0.2) is 30.3 Å². The summed E-state index contributed by atoms with van der Waals surface area (Å²) in [6, 6.07) is 11.5. The lowest BCUT2D eigenvalue weighted by Crippen LogP contribution is -2.54. The predicted molar refractivity (Wildman–Crippen MR) is 67.5 cm³/mol. The second kappa shape index (κ2) is 5.43. The Labute approximate surface area is 97.8 Å². The van der Waals surface area contributed by atoms with Crippen LogP contribution in [0, 0.1) is 0 Å². The van der Waals surface area contributed by atoms with Gasteiger partial charge in [0.05, 0.1) is 0 Å². The van der Waals surface area contributed by atoms with Gasteiger partial charge in [-0.05, 0) is 19.7 Å². The standard InChI is InChI=1S/C13H21N3/c1-14-13(11-6-4-3-5-7-11)12-10-16(2)9-8-15-12/h3-7,12-15H,8-10H2,1-2H3. The van der Waals surface area contributed by atoms with E-state index in [1.807, 2.05) is 7.05 Å². The fraction of sp³-hybridized carbons (Fsp3) is 0.538. The van der Waals surface area contributed by atoms with Crippen LogP contribution in [0.3, 0.4) is 0 Å². The summed E-state index contributed by atoms with van der Waals surface area (Å²) >= 11 is 0. The van der Waals surface area contributed by atoms with Crippen LogP contribution in [-0.2, 0) is 0 Å². The van der Waals surface area contributed by atoms with Gasteiger partial charge in [0.15, 0.2) is 0 Å². The zero-order valence-corrected chi connectivity index (χ0v) is 10.1. The molecule has 1 fully saturated rings. The maximum atomic E-state index is 3.59. The largest absolute Gasteiger partial charge is 0.312 e. The Balaban J connectivity index is 2.10. The van der Waals surface area contributed by atoms with Crippen molar-refractivity contribution >= 4 is 0 Å². The highest BCUT2D eigenvalue weighted by molar-refractivity contribution is 5.21. The third-order valence-electron chi connectivity index (χ3n) is 3.28. The predicted octanol–water partition coefficient (Wildman–Crippen LogP) is 0.851. The van der Waals surface area contributed by atoms with Crippen molar-refractivity contribution in [2.24, 2.45) is 0 Å². The Hall–Kier alpha value is -0.900. The van der Waals surface area contributed by atoms with E-state index >= 15 is 0 Å². The average Bonchev–Trinajstić information content (AvgIpc) is 2.31. The fourth-order valence-corrected chi connectivity index (χ4v) is 2.42. The average molecular weight is 219 g/mol. The van der Waals surface area contributed by atoms with E-state index in [9.17, 15) is 0 Å². The summed E-state index contributed by atoms with van der Waals surface area (Å²) in [5.41, 5.74) is 1.36. The lowest BCUT2D eigenvalue weighted by Gasteiger charge is -2.36. The minimum absolute atomic E-state index is 0.393. The molecule has 1 aromatic rings. The van der Waals surface area contributed by atoms with E-state index in [-0.39, 0.29) is 0 Å². The number of nitrogens with zero attached hydrogens (tertiary/aromatic N) is 1. The van der Waals surface area contributed by atoms with E-state index in [0.29, 0.717) is 12.1 Å². The molecule has 1 heterocycles. The van der Waals surface area contributed by atoms with Crippen molar-refractivity contribution in [2.45, 2.75) is 12.1 Å². The van der Waals surface area contributed by atoms with Gasteiger partial charge in [-0.2, -0.15) is 0 Å². The van der Waals surface area contributed by atoms with Gasteiger partial charge in [-0.1, -0.05) is 30.3 Å². The Kier molecular flexibility index (Phi) is 3.93. The van der Waals surface area contributed by atoms with Crippen molar-refractivity contribution in [1.29, 1.82) is 0 Å². The normalized spacial score (nSPS) is 24.2. The third kappa shape index (κ3) is 2.61. The monoisotopic (exact) mass is 219 g/mol. The first kappa shape index (κ1) is 11.6. The second-order valence-corrected chi connectivity index (χ2v) is 4.50. The van der Waals surface area contributed by atoms with Crippen LogP contribution >= 0.6 is 0 Å². The molecule has 3 nitrogen and oxygen atoms in total. The molecule has 0 radical (unpaired) electrons. The maximum Gasteiger partial charge on any atom is 0.0486 e. The van der Waals surface area contributed by atoms with Crippen molar-refractivity contribution in [1.82, 2.24) is 15.5 Å². The molecule has 1 aromatic carbocycles. The maximum absolute atomic E-state index is 3.59. The number of hydrogen-bond donors (Lipinski definition) is 2. The number of benzene rings is 1. The Morgan fingerprint density at radius 1 is 1.38 bits per heavy atom. The summed E-state index contributed by atoms with van der Waals surface area (Å²) in [6.45, 7) is 3.31. The van der Waals surface area contributed by atoms with E-state index < -0.39 is 0 Å². The minimum atomic E-state index is 0.393. The first-order chi connectivity index (χ1) is 7.81. The van der Waals surface area contributed by atoms with Gasteiger partial charge in [0.25, 0.3) is 0 Å². The third-order valence-corrected chi connectivity index (χ3v) is 3.28. The summed E-state index contributed by atoms with van der Waals surface area (Å²) in [5, 5.41) is 7.01. The van der Waals surface area contributed by atoms with Crippen molar-refractivity contribution in [3.63, 3.8) is 0 Å². The molecule has 1 aliphatic rings. The zero-order chi connectivity index (χ0) is 11.4. The van der Waals surface area contributed by atoms with E-state index in [1.54, 1.807) is 0 Å². The number of hydrogen-bond acceptors (Lipinski definition) is 3. The number of rotatable bonds is 3. The van der Waals surface area contributed by atoms with Gasteiger partial charge < -0.3 is 15.5 Å². The molecule has 0 aliphatic carbocycles. The number of nitrogens with one attached hydrogen (secondary N) is 2. The molecule has 2 N–H and O–H groups in total. The summed E-state index contributed by atoms with van der Waals surface area (Å²) in [7, 11) is 4.22. The minimum Gasteiger partial charge on any atom is -0.312 e. The van der Waals surface area contributed by atoms with Gasteiger partial charge >= 0.3 is 0 Å². The van der Waals surface area contributed by atoms with Crippen LogP contribution in [0.25, 0.3) is 0 Å². The number of likely N-dealkylation sites (N-methyl/N-ethyl adjacent to an activating group) is 2. The van der Waals surface area contributed by atoms with E-state index in [0.717, 1.165) is 19.6 Å². The molecule has 88 valence electrons. The van der Waals surface area contributed by atoms with Crippen molar-refractivity contribution in [3.8, 4) is 0 Å². The highest BCUT2D eigenvalue weighted by atomic mass is 15.2. The molecule has 1 aliphatic heterocycles. The van der Waals surface area contributed by atoms with Crippen LogP contribution in [0.5, 0.6) is 0 Å². The summed E-state index contributed by atoms with van der Waals surface area (Å²) in [4.78, 5) is 2.38. The second-order valence-electron chi connectivity index (χ2n) is 4.50. The van der Waals surface area contributed by atoms with Gasteiger partial charge in [-0.25, -0.2) is 0 Å². The smallest absolute Gasteiger partial charge is 0.0486 e. The van der Waals surface area contributed by atoms with Gasteiger partial charge in [0, 0.05) is 31.7 Å². The molecule has 0 amide bonds. The van der Waals surface area contributed by atoms with Gasteiger partial charge in [0.1, 0.15) is 0 Å². The molecule has 0 bridgehead atoms. The molecule has 1 saturated heterocycles. The van der Waals surface area contributed by atoms with Gasteiger partial charge in [0.2, 0.25) is 0 Å². The summed E-state index contributed by atoms with van der Waals surface area (Å²) in [5.74, 6) is 0. The van der Waals surface area contributed by atoms with Gasteiger partial charge in [-0.3, -0.25) is 0 Å². The molecule has 2 atom stereocenters. The SMILES string of the molecule is CNC(c1ccccc1)C1CN(C)CCN1. The van der Waals surface area contributed by atoms with E-state index in [1.165, 1.54) is 5.56 Å².